The lowest BCUT2D eigenvalue weighted by molar-refractivity contribution is 0.186. The molecule has 1 aliphatic rings. The van der Waals surface area contributed by atoms with Gasteiger partial charge in [-0.25, -0.2) is 14.8 Å². The third kappa shape index (κ3) is 4.26. The van der Waals surface area contributed by atoms with Crippen LogP contribution in [0.25, 0.3) is 10.3 Å². The van der Waals surface area contributed by atoms with E-state index in [1.165, 1.54) is 11.3 Å². The Hall–Kier alpha value is -3.34. The van der Waals surface area contributed by atoms with Crippen molar-refractivity contribution in [2.45, 2.75) is 19.5 Å². The molecular weight excluding hydrogens is 418 g/mol. The highest BCUT2D eigenvalue weighted by molar-refractivity contribution is 7.16. The van der Waals surface area contributed by atoms with Gasteiger partial charge in [0.1, 0.15) is 5.52 Å². The lowest BCUT2D eigenvalue weighted by Gasteiger charge is -2.40. The third-order valence-corrected chi connectivity index (χ3v) is 5.99. The first-order chi connectivity index (χ1) is 15.0. The van der Waals surface area contributed by atoms with Crippen LogP contribution in [0.2, 0.25) is 0 Å². The highest BCUT2D eigenvalue weighted by atomic mass is 32.1. The molecule has 10 nitrogen and oxygen atoms in total. The Labute approximate surface area is 184 Å². The summed E-state index contributed by atoms with van der Waals surface area (Å²) in [6.45, 7) is 4.22. The molecule has 31 heavy (non-hydrogen) atoms. The predicted octanol–water partition coefficient (Wildman–Crippen LogP) is 2.11. The molecule has 3 heterocycles. The zero-order valence-corrected chi connectivity index (χ0v) is 18.5. The zero-order valence-electron chi connectivity index (χ0n) is 17.7. The molecule has 1 saturated heterocycles. The van der Waals surface area contributed by atoms with Gasteiger partial charge in [-0.05, 0) is 24.6 Å². The average Bonchev–Trinajstić information content (AvgIpc) is 3.25. The van der Waals surface area contributed by atoms with Crippen LogP contribution in [0.4, 0.5) is 16.6 Å². The number of rotatable bonds is 5. The minimum absolute atomic E-state index is 0.0554. The van der Waals surface area contributed by atoms with Gasteiger partial charge >= 0.3 is 6.03 Å². The molecular formula is C20H25N7O3S. The molecule has 2 aromatic heterocycles. The van der Waals surface area contributed by atoms with Crippen molar-refractivity contribution in [3.63, 3.8) is 0 Å². The Morgan fingerprint density at radius 3 is 2.81 bits per heavy atom. The van der Waals surface area contributed by atoms with E-state index in [1.807, 2.05) is 23.1 Å². The van der Waals surface area contributed by atoms with E-state index in [0.29, 0.717) is 37.7 Å². The maximum Gasteiger partial charge on any atom is 0.317 e. The van der Waals surface area contributed by atoms with Gasteiger partial charge in [-0.15, -0.1) is 11.3 Å². The van der Waals surface area contributed by atoms with Crippen molar-refractivity contribution < 1.29 is 14.3 Å². The summed E-state index contributed by atoms with van der Waals surface area (Å²) in [7, 11) is 3.18. The molecule has 0 radical (unpaired) electrons. The van der Waals surface area contributed by atoms with E-state index in [4.69, 9.17) is 15.2 Å². The van der Waals surface area contributed by atoms with E-state index < -0.39 is 0 Å². The van der Waals surface area contributed by atoms with Crippen molar-refractivity contribution in [1.82, 2.24) is 25.2 Å². The Morgan fingerprint density at radius 2 is 2.06 bits per heavy atom. The lowest BCUT2D eigenvalue weighted by atomic mass is 10.2. The topological polar surface area (TPSA) is 119 Å². The minimum atomic E-state index is -0.109. The van der Waals surface area contributed by atoms with Crippen LogP contribution in [-0.4, -0.2) is 65.8 Å². The van der Waals surface area contributed by atoms with Gasteiger partial charge in [0.25, 0.3) is 0 Å². The van der Waals surface area contributed by atoms with Gasteiger partial charge < -0.3 is 30.3 Å². The van der Waals surface area contributed by atoms with Crippen molar-refractivity contribution in [1.29, 1.82) is 0 Å². The van der Waals surface area contributed by atoms with Crippen LogP contribution < -0.4 is 25.4 Å². The fourth-order valence-corrected chi connectivity index (χ4v) is 4.36. The molecule has 1 fully saturated rings. The molecule has 3 N–H and O–H groups in total. The normalized spacial score (nSPS) is 16.4. The van der Waals surface area contributed by atoms with Crippen LogP contribution in [0.1, 0.15) is 12.5 Å². The monoisotopic (exact) mass is 443 g/mol. The number of methoxy groups -OCH3 is 2. The third-order valence-electron chi connectivity index (χ3n) is 5.28. The number of nitrogen functional groups attached to an aromatic ring is 1. The van der Waals surface area contributed by atoms with Gasteiger partial charge in [-0.2, -0.15) is 4.98 Å². The van der Waals surface area contributed by atoms with Gasteiger partial charge in [0, 0.05) is 32.2 Å². The number of hydrogen-bond donors (Lipinski definition) is 2. The van der Waals surface area contributed by atoms with Gasteiger partial charge in [0.05, 0.1) is 19.7 Å². The van der Waals surface area contributed by atoms with Crippen molar-refractivity contribution in [3.8, 4) is 11.5 Å². The molecule has 0 saturated carbocycles. The van der Waals surface area contributed by atoms with Crippen molar-refractivity contribution in [2.24, 2.45) is 0 Å². The standard InChI is InChI=1S/C20H25N7O3S/c1-12-10-26(20(28)22-9-13-4-5-14(29-2)15(8-13)30-3)6-7-27(12)17-16-18(31-11-23-16)25-19(21)24-17/h4-5,8,11-12H,6-7,9-10H2,1-3H3,(H,22,28)(H2,21,24,25)/t12-/m0/s1. The first-order valence-corrected chi connectivity index (χ1v) is 10.7. The van der Waals surface area contributed by atoms with E-state index in [1.54, 1.807) is 19.7 Å². The van der Waals surface area contributed by atoms with Gasteiger partial charge in [0.15, 0.2) is 22.1 Å². The van der Waals surface area contributed by atoms with Crippen molar-refractivity contribution in [2.75, 3.05) is 44.5 Å². The number of nitrogens with two attached hydrogens (primary N) is 1. The van der Waals surface area contributed by atoms with Crippen molar-refractivity contribution in [3.05, 3.63) is 29.3 Å². The molecule has 2 amide bonds. The van der Waals surface area contributed by atoms with Crippen LogP contribution in [0.15, 0.2) is 23.7 Å². The van der Waals surface area contributed by atoms with Crippen LogP contribution in [0, 0.1) is 0 Å². The van der Waals surface area contributed by atoms with Crippen LogP contribution in [0.3, 0.4) is 0 Å². The SMILES string of the molecule is COc1ccc(CNC(=O)N2CCN(c3nc(N)nc4scnc34)[C@@H](C)C2)cc1OC. The number of hydrogen-bond acceptors (Lipinski definition) is 9. The van der Waals surface area contributed by atoms with E-state index in [0.717, 1.165) is 21.7 Å². The summed E-state index contributed by atoms with van der Waals surface area (Å²) < 4.78 is 10.6. The Morgan fingerprint density at radius 1 is 1.26 bits per heavy atom. The average molecular weight is 444 g/mol. The van der Waals surface area contributed by atoms with Crippen LogP contribution >= 0.6 is 11.3 Å². The van der Waals surface area contributed by atoms with Gasteiger partial charge in [-0.1, -0.05) is 6.07 Å². The van der Waals surface area contributed by atoms with E-state index in [-0.39, 0.29) is 18.0 Å². The van der Waals surface area contributed by atoms with Crippen molar-refractivity contribution >= 4 is 39.5 Å². The second kappa shape index (κ2) is 8.80. The first-order valence-electron chi connectivity index (χ1n) is 9.87. The number of amides is 2. The number of aromatic nitrogens is 3. The number of carbonyl (C=O) groups is 1. The van der Waals surface area contributed by atoms with Gasteiger partial charge in [-0.3, -0.25) is 0 Å². The number of benzene rings is 1. The van der Waals surface area contributed by atoms with Crippen LogP contribution in [0.5, 0.6) is 11.5 Å². The maximum absolute atomic E-state index is 12.7. The fourth-order valence-electron chi connectivity index (χ4n) is 3.70. The summed E-state index contributed by atoms with van der Waals surface area (Å²) in [5, 5.41) is 2.98. The summed E-state index contributed by atoms with van der Waals surface area (Å²) in [6, 6.07) is 5.54. The van der Waals surface area contributed by atoms with E-state index in [2.05, 4.69) is 32.1 Å². The Kier molecular flexibility index (Phi) is 5.94. The molecule has 1 atom stereocenters. The minimum Gasteiger partial charge on any atom is -0.493 e. The Bertz CT molecular complexity index is 1090. The molecule has 3 aromatic rings. The smallest absolute Gasteiger partial charge is 0.317 e. The van der Waals surface area contributed by atoms with E-state index >= 15 is 0 Å². The number of thiazole rings is 1. The number of nitrogens with one attached hydrogen (secondary N) is 1. The molecule has 1 aromatic carbocycles. The summed E-state index contributed by atoms with van der Waals surface area (Å²) in [5.41, 5.74) is 9.30. The largest absolute Gasteiger partial charge is 0.493 e. The maximum atomic E-state index is 12.7. The molecule has 11 heteroatoms. The second-order valence-electron chi connectivity index (χ2n) is 7.25. The number of fused-ring (bicyclic) bond motifs is 1. The van der Waals surface area contributed by atoms with Crippen LogP contribution in [-0.2, 0) is 6.54 Å². The zero-order chi connectivity index (χ0) is 22.0. The molecule has 1 aliphatic heterocycles. The summed E-state index contributed by atoms with van der Waals surface area (Å²) >= 11 is 1.44. The molecule has 164 valence electrons. The predicted molar refractivity (Wildman–Crippen MR) is 120 cm³/mol. The number of anilines is 2. The Balaban J connectivity index is 1.39. The molecule has 4 rings (SSSR count). The number of piperazine rings is 1. The summed E-state index contributed by atoms with van der Waals surface area (Å²) in [6.07, 6.45) is 0. The highest BCUT2D eigenvalue weighted by Crippen LogP contribution is 2.29. The highest BCUT2D eigenvalue weighted by Gasteiger charge is 2.29. The number of ether oxygens (including phenoxy) is 2. The number of urea groups is 1. The van der Waals surface area contributed by atoms with E-state index in [9.17, 15) is 4.79 Å². The molecule has 0 aliphatic carbocycles. The summed E-state index contributed by atoms with van der Waals surface area (Å²) in [5.74, 6) is 2.24. The summed E-state index contributed by atoms with van der Waals surface area (Å²) in [4.78, 5) is 30.5. The second-order valence-corrected chi connectivity index (χ2v) is 8.08. The number of nitrogens with zero attached hydrogens (tertiary/aromatic N) is 5. The molecule has 0 spiro atoms. The lowest BCUT2D eigenvalue weighted by Crippen LogP contribution is -2.56. The van der Waals surface area contributed by atoms with Gasteiger partial charge in [0.2, 0.25) is 5.95 Å². The number of carbonyl (C=O) groups excluding carboxylic acids is 1. The fraction of sp³-hybridized carbons (Fsp3) is 0.400. The molecule has 0 unspecified atom stereocenters. The quantitative estimate of drug-likeness (QED) is 0.615. The first kappa shape index (κ1) is 20.9. The molecule has 0 bridgehead atoms.